The van der Waals surface area contributed by atoms with Gasteiger partial charge in [-0.1, -0.05) is 6.07 Å². The molecule has 6 rings (SSSR count). The molecular weight excluding hydrogens is 611 g/mol. The van der Waals surface area contributed by atoms with Crippen molar-refractivity contribution in [2.75, 3.05) is 45.5 Å². The Morgan fingerprint density at radius 1 is 1.20 bits per heavy atom. The number of amides is 1. The van der Waals surface area contributed by atoms with E-state index in [-0.39, 0.29) is 22.8 Å². The topological polar surface area (TPSA) is 114 Å². The molecule has 14 heteroatoms. The van der Waals surface area contributed by atoms with E-state index in [0.29, 0.717) is 71.0 Å². The molecule has 0 saturated carbocycles. The Morgan fingerprint density at radius 2 is 2.00 bits per heavy atom. The summed E-state index contributed by atoms with van der Waals surface area (Å²) in [6.07, 6.45) is 2.30. The van der Waals surface area contributed by atoms with Crippen LogP contribution in [0.1, 0.15) is 38.5 Å². The van der Waals surface area contributed by atoms with Crippen molar-refractivity contribution in [1.82, 2.24) is 9.24 Å². The van der Waals surface area contributed by atoms with E-state index in [1.54, 1.807) is 24.4 Å². The van der Waals surface area contributed by atoms with Gasteiger partial charge in [-0.15, -0.1) is 22.7 Å². The van der Waals surface area contributed by atoms with E-state index in [0.717, 1.165) is 9.69 Å². The molecule has 0 unspecified atom stereocenters. The summed E-state index contributed by atoms with van der Waals surface area (Å²) < 4.78 is 39.8. The fourth-order valence-electron chi connectivity index (χ4n) is 5.13. The van der Waals surface area contributed by atoms with Crippen LogP contribution in [0.4, 0.5) is 4.39 Å². The third-order valence-corrected chi connectivity index (χ3v) is 9.52. The number of nitrogens with zero attached hydrogens (tertiary/aromatic N) is 4. The van der Waals surface area contributed by atoms with Crippen LogP contribution < -0.4 is 21.0 Å². The van der Waals surface area contributed by atoms with Crippen molar-refractivity contribution in [2.24, 2.45) is 4.99 Å². The average Bonchev–Trinajstić information content (AvgIpc) is 3.81. The maximum Gasteiger partial charge on any atom is 0.355 e. The van der Waals surface area contributed by atoms with E-state index in [4.69, 9.17) is 18.9 Å². The van der Waals surface area contributed by atoms with E-state index >= 15 is 0 Å². The van der Waals surface area contributed by atoms with E-state index in [1.165, 1.54) is 65.8 Å². The SMILES string of the molecule is COc1ccc(F)cc1C(=Cn1c(=O)n(N(C)C(=O)c2cccs2)c(=O)c2c(C)c(C3=NCCO3)sc21)OC1CCOCC1. The number of aliphatic imine (C=N–C) groups is 1. The summed E-state index contributed by atoms with van der Waals surface area (Å²) in [4.78, 5) is 47.4. The molecule has 1 fully saturated rings. The Balaban J connectivity index is 1.63. The first-order valence-corrected chi connectivity index (χ1v) is 15.6. The normalized spacial score (nSPS) is 15.7. The number of fused-ring (bicyclic) bond motifs is 1. The van der Waals surface area contributed by atoms with Gasteiger partial charge >= 0.3 is 5.69 Å². The minimum absolute atomic E-state index is 0.149. The second kappa shape index (κ2) is 12.4. The minimum Gasteiger partial charge on any atom is -0.496 e. The molecule has 0 bridgehead atoms. The van der Waals surface area contributed by atoms with Crippen LogP contribution in [0.2, 0.25) is 0 Å². The highest BCUT2D eigenvalue weighted by atomic mass is 32.1. The highest BCUT2D eigenvalue weighted by molar-refractivity contribution is 7.20. The molecule has 3 aromatic heterocycles. The maximum absolute atomic E-state index is 14.6. The van der Waals surface area contributed by atoms with E-state index in [1.807, 2.05) is 0 Å². The van der Waals surface area contributed by atoms with Crippen LogP contribution >= 0.6 is 22.7 Å². The lowest BCUT2D eigenvalue weighted by molar-refractivity contribution is 0.0139. The van der Waals surface area contributed by atoms with E-state index in [9.17, 15) is 18.8 Å². The Bertz CT molecular complexity index is 1900. The molecule has 4 aromatic rings. The first-order valence-electron chi connectivity index (χ1n) is 13.9. The van der Waals surface area contributed by atoms with Gasteiger partial charge in [-0.3, -0.25) is 14.2 Å². The van der Waals surface area contributed by atoms with Crippen molar-refractivity contribution in [3.63, 3.8) is 0 Å². The third kappa shape index (κ3) is 5.44. The van der Waals surface area contributed by atoms with Gasteiger partial charge in [-0.05, 0) is 42.1 Å². The van der Waals surface area contributed by atoms with Crippen molar-refractivity contribution in [1.29, 1.82) is 0 Å². The molecule has 2 aliphatic heterocycles. The quantitative estimate of drug-likeness (QED) is 0.267. The van der Waals surface area contributed by atoms with Gasteiger partial charge in [-0.25, -0.2) is 19.2 Å². The molecular formula is C30H29FN4O7S2. The predicted molar refractivity (Wildman–Crippen MR) is 167 cm³/mol. The molecule has 0 aliphatic carbocycles. The number of halogens is 1. The highest BCUT2D eigenvalue weighted by Crippen LogP contribution is 2.34. The summed E-state index contributed by atoms with van der Waals surface area (Å²) in [6.45, 7) is 3.59. The number of aromatic nitrogens is 2. The van der Waals surface area contributed by atoms with Gasteiger partial charge in [0.05, 0.1) is 53.8 Å². The fraction of sp³-hybridized carbons (Fsp3) is 0.333. The smallest absolute Gasteiger partial charge is 0.355 e. The number of rotatable bonds is 8. The molecule has 1 amide bonds. The number of methoxy groups -OCH3 is 1. The Hall–Kier alpha value is -4.27. The maximum atomic E-state index is 14.6. The van der Waals surface area contributed by atoms with Gasteiger partial charge in [0.1, 0.15) is 34.9 Å². The van der Waals surface area contributed by atoms with Gasteiger partial charge in [0.25, 0.3) is 11.5 Å². The molecule has 0 atom stereocenters. The molecule has 2 aliphatic rings. The zero-order chi connectivity index (χ0) is 31.0. The molecule has 1 aromatic carbocycles. The molecule has 230 valence electrons. The van der Waals surface area contributed by atoms with Crippen molar-refractivity contribution >= 4 is 56.7 Å². The third-order valence-electron chi connectivity index (χ3n) is 7.38. The van der Waals surface area contributed by atoms with E-state index in [2.05, 4.69) is 4.99 Å². The molecule has 0 radical (unpaired) electrons. The van der Waals surface area contributed by atoms with Gasteiger partial charge in [0.2, 0.25) is 5.90 Å². The number of carbonyl (C=O) groups is 1. The van der Waals surface area contributed by atoms with Crippen molar-refractivity contribution in [2.45, 2.75) is 25.9 Å². The Kier molecular flexibility index (Phi) is 8.38. The zero-order valence-electron chi connectivity index (χ0n) is 24.2. The molecule has 5 heterocycles. The zero-order valence-corrected chi connectivity index (χ0v) is 25.8. The van der Waals surface area contributed by atoms with Crippen molar-refractivity contribution < 1.29 is 28.1 Å². The summed E-state index contributed by atoms with van der Waals surface area (Å²) in [5, 5.41) is 2.95. The van der Waals surface area contributed by atoms with Gasteiger partial charge < -0.3 is 18.9 Å². The summed E-state index contributed by atoms with van der Waals surface area (Å²) in [7, 11) is 2.82. The van der Waals surface area contributed by atoms with Crippen LogP contribution in [-0.2, 0) is 14.2 Å². The number of aryl methyl sites for hydroxylation is 1. The lowest BCUT2D eigenvalue weighted by Crippen LogP contribution is -2.52. The Morgan fingerprint density at radius 3 is 2.68 bits per heavy atom. The van der Waals surface area contributed by atoms with E-state index < -0.39 is 23.0 Å². The lowest BCUT2D eigenvalue weighted by atomic mass is 10.1. The minimum atomic E-state index is -0.819. The summed E-state index contributed by atoms with van der Waals surface area (Å²) in [5.74, 6) is -0.209. The largest absolute Gasteiger partial charge is 0.496 e. The highest BCUT2D eigenvalue weighted by Gasteiger charge is 2.28. The summed E-state index contributed by atoms with van der Waals surface area (Å²) in [6, 6.07) is 7.33. The Labute approximate surface area is 259 Å². The van der Waals surface area contributed by atoms with Crippen molar-refractivity contribution in [3.05, 3.63) is 83.2 Å². The number of benzene rings is 1. The molecule has 0 N–H and O–H groups in total. The van der Waals surface area contributed by atoms with Crippen LogP contribution in [0.3, 0.4) is 0 Å². The molecule has 0 spiro atoms. The summed E-state index contributed by atoms with van der Waals surface area (Å²) >= 11 is 2.36. The second-order valence-corrected chi connectivity index (χ2v) is 12.1. The second-order valence-electron chi connectivity index (χ2n) is 10.1. The number of thiophene rings is 2. The van der Waals surface area contributed by atoms with Crippen LogP contribution in [0.5, 0.6) is 5.75 Å². The van der Waals surface area contributed by atoms with Crippen LogP contribution in [0.25, 0.3) is 22.2 Å². The van der Waals surface area contributed by atoms with Gasteiger partial charge in [0, 0.05) is 19.9 Å². The average molecular weight is 641 g/mol. The predicted octanol–water partition coefficient (Wildman–Crippen LogP) is 4.08. The number of hydrogen-bond acceptors (Lipinski definition) is 10. The van der Waals surface area contributed by atoms with Gasteiger partial charge in [-0.2, -0.15) is 4.68 Å². The number of carbonyl (C=O) groups excluding carboxylic acids is 1. The fourth-order valence-corrected chi connectivity index (χ4v) is 7.06. The van der Waals surface area contributed by atoms with Crippen LogP contribution in [0, 0.1) is 12.7 Å². The number of ether oxygens (including phenoxy) is 4. The first kappa shape index (κ1) is 29.8. The van der Waals surface area contributed by atoms with Crippen molar-refractivity contribution in [3.8, 4) is 5.75 Å². The summed E-state index contributed by atoms with van der Waals surface area (Å²) in [5.41, 5.74) is -0.660. The standard InChI is InChI=1S/C30H29FN4O7S2/c1-17-24-28(37)35(33(2)27(36)23-5-4-14-43-23)30(38)34(29(24)44-25(17)26-32-10-13-41-26)16-22(42-19-8-11-40-12-9-19)20-15-18(31)6-7-21(20)39-3/h4-7,14-16,19H,8-13H2,1-3H3. The number of hydrogen-bond donors (Lipinski definition) is 0. The first-order chi connectivity index (χ1) is 21.3. The monoisotopic (exact) mass is 640 g/mol. The van der Waals surface area contributed by atoms with Gasteiger partial charge in [0.15, 0.2) is 0 Å². The molecule has 44 heavy (non-hydrogen) atoms. The lowest BCUT2D eigenvalue weighted by Gasteiger charge is -2.26. The molecule has 1 saturated heterocycles. The van der Waals surface area contributed by atoms with Crippen LogP contribution in [-0.4, -0.2) is 67.7 Å². The van der Waals surface area contributed by atoms with Crippen LogP contribution in [0.15, 0.2) is 50.3 Å². The molecule has 11 nitrogen and oxygen atoms in total.